The summed E-state index contributed by atoms with van der Waals surface area (Å²) in [5.41, 5.74) is 5.41. The Labute approximate surface area is 64.4 Å². The lowest BCUT2D eigenvalue weighted by molar-refractivity contribution is 0.287. The van der Waals surface area contributed by atoms with Gasteiger partial charge in [-0.25, -0.2) is 0 Å². The van der Waals surface area contributed by atoms with E-state index in [1.807, 2.05) is 0 Å². The molecule has 1 rings (SSSR count). The number of nitrogens with two attached hydrogens (primary N) is 1. The Balaban J connectivity index is 2.18. The van der Waals surface area contributed by atoms with Crippen molar-refractivity contribution in [3.05, 3.63) is 0 Å². The molecule has 1 fully saturated rings. The summed E-state index contributed by atoms with van der Waals surface area (Å²) >= 11 is 4.09. The van der Waals surface area contributed by atoms with E-state index in [9.17, 15) is 4.21 Å². The molecule has 4 nitrogen and oxygen atoms in total. The van der Waals surface area contributed by atoms with E-state index in [0.717, 1.165) is 6.42 Å². The highest BCUT2D eigenvalue weighted by atomic mass is 32.9. The van der Waals surface area contributed by atoms with Crippen LogP contribution in [-0.4, -0.2) is 21.4 Å². The summed E-state index contributed by atoms with van der Waals surface area (Å²) in [6.07, 6.45) is 0.866. The van der Waals surface area contributed by atoms with Crippen LogP contribution >= 0.6 is 0 Å². The van der Waals surface area contributed by atoms with Gasteiger partial charge >= 0.3 is 0 Å². The van der Waals surface area contributed by atoms with Gasteiger partial charge in [-0.1, -0.05) is 0 Å². The van der Waals surface area contributed by atoms with Crippen molar-refractivity contribution in [2.24, 2.45) is 11.7 Å². The van der Waals surface area contributed by atoms with Crippen molar-refractivity contribution in [2.45, 2.75) is 12.5 Å². The zero-order valence-corrected chi connectivity index (χ0v) is 6.86. The molecule has 0 aromatic rings. The molecule has 0 bridgehead atoms. The molecule has 60 valence electrons. The summed E-state index contributed by atoms with van der Waals surface area (Å²) in [4.78, 5) is 0. The maximum atomic E-state index is 10.3. The van der Waals surface area contributed by atoms with Crippen LogP contribution in [0, 0.1) is 5.92 Å². The first-order valence-electron chi connectivity index (χ1n) is 2.86. The third-order valence-corrected chi connectivity index (χ3v) is 2.13. The molecule has 1 saturated carbocycles. The normalized spacial score (nSPS) is 37.0. The van der Waals surface area contributed by atoms with Gasteiger partial charge < -0.3 is 5.73 Å². The highest BCUT2D eigenvalue weighted by molar-refractivity contribution is 8.27. The second kappa shape index (κ2) is 2.71. The quantitative estimate of drug-likeness (QED) is 0.616. The largest absolute Gasteiger partial charge is 0.327 e. The molecule has 3 N–H and O–H groups in total. The molecule has 3 unspecified atom stereocenters. The number of hydrogen-bond donors (Lipinski definition) is 2. The fourth-order valence-electron chi connectivity index (χ4n) is 0.636. The lowest BCUT2D eigenvalue weighted by atomic mass is 10.4. The molecule has 0 spiro atoms. The van der Waals surface area contributed by atoms with Crippen molar-refractivity contribution >= 4 is 20.2 Å². The fourth-order valence-corrected chi connectivity index (χ4v) is 1.15. The van der Waals surface area contributed by atoms with Gasteiger partial charge in [0.25, 0.3) is 9.05 Å². The molecule has 0 heterocycles. The van der Waals surface area contributed by atoms with Crippen LogP contribution in [0.4, 0.5) is 0 Å². The van der Waals surface area contributed by atoms with E-state index >= 15 is 0 Å². The maximum Gasteiger partial charge on any atom is 0.266 e. The summed E-state index contributed by atoms with van der Waals surface area (Å²) in [5, 5.41) is 0. The summed E-state index contributed by atoms with van der Waals surface area (Å²) in [6, 6.07) is 0.136. The van der Waals surface area contributed by atoms with Gasteiger partial charge in [-0.2, -0.15) is 4.21 Å². The monoisotopic (exact) mass is 183 g/mol. The second-order valence-corrected chi connectivity index (χ2v) is 4.73. The SMILES string of the molecule is NC1CC1COS(=O)(O)=S. The van der Waals surface area contributed by atoms with Crippen molar-refractivity contribution < 1.29 is 12.9 Å². The molecule has 0 aromatic carbocycles. The van der Waals surface area contributed by atoms with E-state index in [-0.39, 0.29) is 18.6 Å². The van der Waals surface area contributed by atoms with E-state index in [1.54, 1.807) is 0 Å². The molecule has 3 atom stereocenters. The van der Waals surface area contributed by atoms with E-state index in [0.29, 0.717) is 0 Å². The van der Waals surface area contributed by atoms with Crippen molar-refractivity contribution in [3.63, 3.8) is 0 Å². The third-order valence-electron chi connectivity index (χ3n) is 1.41. The van der Waals surface area contributed by atoms with Gasteiger partial charge in [0, 0.05) is 23.1 Å². The van der Waals surface area contributed by atoms with Crippen LogP contribution in [0.2, 0.25) is 0 Å². The van der Waals surface area contributed by atoms with Crippen LogP contribution in [0.5, 0.6) is 0 Å². The van der Waals surface area contributed by atoms with Gasteiger partial charge in [-0.3, -0.25) is 8.74 Å². The first-order valence-corrected chi connectivity index (χ1v) is 5.23. The maximum absolute atomic E-state index is 10.3. The highest BCUT2D eigenvalue weighted by Gasteiger charge is 2.34. The van der Waals surface area contributed by atoms with E-state index in [4.69, 9.17) is 10.3 Å². The highest BCUT2D eigenvalue weighted by Crippen LogP contribution is 2.27. The van der Waals surface area contributed by atoms with Gasteiger partial charge in [0.2, 0.25) is 0 Å². The van der Waals surface area contributed by atoms with Gasteiger partial charge in [0.05, 0.1) is 6.61 Å². The first kappa shape index (κ1) is 8.35. The topological polar surface area (TPSA) is 72.5 Å². The molecule has 1 aliphatic carbocycles. The Bertz CT molecular complexity index is 213. The van der Waals surface area contributed by atoms with Crippen LogP contribution in [0.15, 0.2) is 0 Å². The van der Waals surface area contributed by atoms with Gasteiger partial charge in [-0.05, 0) is 6.42 Å². The smallest absolute Gasteiger partial charge is 0.266 e. The van der Waals surface area contributed by atoms with E-state index < -0.39 is 9.05 Å². The number of rotatable bonds is 3. The molecule has 1 aliphatic rings. The zero-order valence-electron chi connectivity index (χ0n) is 5.23. The van der Waals surface area contributed by atoms with Crippen LogP contribution in [-0.2, 0) is 24.4 Å². The van der Waals surface area contributed by atoms with Gasteiger partial charge in [0.1, 0.15) is 0 Å². The minimum absolute atomic E-state index is 0.136. The van der Waals surface area contributed by atoms with E-state index in [1.165, 1.54) is 0 Å². The summed E-state index contributed by atoms with van der Waals surface area (Å²) in [7, 11) is -3.42. The van der Waals surface area contributed by atoms with Crippen molar-refractivity contribution in [3.8, 4) is 0 Å². The standard InChI is InChI=1S/C4H9NO3S2/c5-4-1-3(4)2-8-10(6,7)9/h3-4H,1-2,5H2,(H,6,7,9). The average molecular weight is 183 g/mol. The van der Waals surface area contributed by atoms with Crippen molar-refractivity contribution in [1.82, 2.24) is 0 Å². The molecular weight excluding hydrogens is 174 g/mol. The molecule has 10 heavy (non-hydrogen) atoms. The minimum Gasteiger partial charge on any atom is -0.327 e. The molecule has 0 saturated heterocycles. The van der Waals surface area contributed by atoms with Crippen LogP contribution in [0.1, 0.15) is 6.42 Å². The van der Waals surface area contributed by atoms with Crippen molar-refractivity contribution in [1.29, 1.82) is 0 Å². The van der Waals surface area contributed by atoms with Crippen LogP contribution < -0.4 is 5.73 Å². The second-order valence-electron chi connectivity index (χ2n) is 2.37. The Morgan fingerprint density at radius 3 is 2.70 bits per heavy atom. The molecule has 0 amide bonds. The Hall–Kier alpha value is 0.250. The van der Waals surface area contributed by atoms with Crippen molar-refractivity contribution in [2.75, 3.05) is 6.61 Å². The Morgan fingerprint density at radius 1 is 1.90 bits per heavy atom. The molecule has 0 aromatic heterocycles. The van der Waals surface area contributed by atoms with E-state index in [2.05, 4.69) is 15.4 Å². The minimum atomic E-state index is -3.42. The summed E-state index contributed by atoms with van der Waals surface area (Å²) in [6.45, 7) is 0.208. The van der Waals surface area contributed by atoms with Gasteiger partial charge in [-0.15, -0.1) is 0 Å². The zero-order chi connectivity index (χ0) is 7.78. The molecular formula is C4H9NO3S2. The Morgan fingerprint density at radius 2 is 2.40 bits per heavy atom. The molecule has 0 aliphatic heterocycles. The van der Waals surface area contributed by atoms with Crippen LogP contribution in [0.3, 0.4) is 0 Å². The number of hydrogen-bond acceptors (Lipinski definition) is 4. The predicted molar refractivity (Wildman–Crippen MR) is 40.2 cm³/mol. The molecule has 0 radical (unpaired) electrons. The summed E-state index contributed by atoms with van der Waals surface area (Å²) in [5.74, 6) is 0.232. The molecule has 6 heteroatoms. The lowest BCUT2D eigenvalue weighted by Crippen LogP contribution is -2.10. The lowest BCUT2D eigenvalue weighted by Gasteiger charge is -1.98. The van der Waals surface area contributed by atoms with Gasteiger partial charge in [0.15, 0.2) is 0 Å². The summed E-state index contributed by atoms with van der Waals surface area (Å²) < 4.78 is 23.2. The third kappa shape index (κ3) is 2.89. The average Bonchev–Trinajstić information content (AvgIpc) is 2.40. The fraction of sp³-hybridized carbons (Fsp3) is 1.00. The van der Waals surface area contributed by atoms with Crippen LogP contribution in [0.25, 0.3) is 0 Å². The first-order chi connectivity index (χ1) is 4.49. The Kier molecular flexibility index (Phi) is 2.26. The predicted octanol–water partition coefficient (Wildman–Crippen LogP) is -0.516.